The fourth-order valence-corrected chi connectivity index (χ4v) is 6.79. The maximum Gasteiger partial charge on any atom is 0.306 e. The Balaban J connectivity index is 4.56. The standard InChI is InChI=1S/C59H96O6/c1-4-7-10-13-16-19-22-25-27-28-29-30-32-35-38-41-44-47-50-53-59(62)65-56(54-63-57(60)51-48-45-42-39-36-33-24-21-18-15-12-9-6-3)55-64-58(61)52-49-46-43-40-37-34-31-26-23-20-17-14-11-8-5-2/h8,11,16-17,19-21,24-27,29-31,35,38,44,47,56H,4-7,9-10,12-15,18,22-23,28,32-34,36-37,39-43,45-46,48-55H2,1-3H3/b11-8-,19-16-,20-17-,24-21-,27-25-,30-29-,31-26-,38-35-,47-44-/t56-/m0/s1. The van der Waals surface area contributed by atoms with Gasteiger partial charge in [0, 0.05) is 19.3 Å². The van der Waals surface area contributed by atoms with E-state index < -0.39 is 12.1 Å². The maximum atomic E-state index is 12.8. The Labute approximate surface area is 400 Å². The van der Waals surface area contributed by atoms with Crippen LogP contribution in [-0.4, -0.2) is 37.2 Å². The van der Waals surface area contributed by atoms with Crippen LogP contribution in [0.25, 0.3) is 0 Å². The summed E-state index contributed by atoms with van der Waals surface area (Å²) in [5.41, 5.74) is 0. The summed E-state index contributed by atoms with van der Waals surface area (Å²) in [5.74, 6) is -1.03. The second-order valence-corrected chi connectivity index (χ2v) is 17.0. The predicted octanol–water partition coefficient (Wildman–Crippen LogP) is 17.5. The summed E-state index contributed by atoms with van der Waals surface area (Å²) >= 11 is 0. The predicted molar refractivity (Wildman–Crippen MR) is 279 cm³/mol. The van der Waals surface area contributed by atoms with Crippen molar-refractivity contribution in [2.24, 2.45) is 0 Å². The average molecular weight is 901 g/mol. The third-order valence-corrected chi connectivity index (χ3v) is 10.7. The van der Waals surface area contributed by atoms with Crippen LogP contribution in [0.15, 0.2) is 109 Å². The van der Waals surface area contributed by atoms with E-state index in [2.05, 4.69) is 118 Å². The van der Waals surface area contributed by atoms with Crippen molar-refractivity contribution in [2.45, 2.75) is 232 Å². The Kier molecular flexibility index (Phi) is 49.5. The molecule has 0 spiro atoms. The molecule has 368 valence electrons. The van der Waals surface area contributed by atoms with Crippen LogP contribution >= 0.6 is 0 Å². The molecule has 0 saturated carbocycles. The minimum absolute atomic E-state index is 0.119. The number of esters is 3. The highest BCUT2D eigenvalue weighted by Gasteiger charge is 2.19. The zero-order valence-corrected chi connectivity index (χ0v) is 42.0. The summed E-state index contributed by atoms with van der Waals surface area (Å²) in [6.45, 7) is 6.39. The van der Waals surface area contributed by atoms with Crippen molar-refractivity contribution >= 4 is 17.9 Å². The lowest BCUT2D eigenvalue weighted by Gasteiger charge is -2.18. The number of hydrogen-bond donors (Lipinski definition) is 0. The van der Waals surface area contributed by atoms with Gasteiger partial charge in [-0.2, -0.15) is 0 Å². The highest BCUT2D eigenvalue weighted by Crippen LogP contribution is 2.12. The van der Waals surface area contributed by atoms with E-state index in [1.807, 2.05) is 12.2 Å². The highest BCUT2D eigenvalue weighted by atomic mass is 16.6. The fourth-order valence-electron chi connectivity index (χ4n) is 6.79. The molecule has 0 unspecified atom stereocenters. The number of rotatable bonds is 46. The van der Waals surface area contributed by atoms with Crippen molar-refractivity contribution < 1.29 is 28.6 Å². The monoisotopic (exact) mass is 901 g/mol. The molecule has 0 N–H and O–H groups in total. The van der Waals surface area contributed by atoms with Gasteiger partial charge < -0.3 is 14.2 Å². The summed E-state index contributed by atoms with van der Waals surface area (Å²) in [4.78, 5) is 38.0. The van der Waals surface area contributed by atoms with E-state index in [1.54, 1.807) is 0 Å². The first-order valence-corrected chi connectivity index (χ1v) is 26.4. The Hall–Kier alpha value is -3.93. The third kappa shape index (κ3) is 50.9. The summed E-state index contributed by atoms with van der Waals surface area (Å²) in [6, 6.07) is 0. The molecule has 0 aliphatic carbocycles. The largest absolute Gasteiger partial charge is 0.462 e. The van der Waals surface area contributed by atoms with Gasteiger partial charge in [-0.1, -0.05) is 201 Å². The molecule has 6 heteroatoms. The van der Waals surface area contributed by atoms with E-state index in [0.717, 1.165) is 116 Å². The fraction of sp³-hybridized carbons (Fsp3) is 0.644. The summed E-state index contributed by atoms with van der Waals surface area (Å²) < 4.78 is 16.7. The number of hydrogen-bond acceptors (Lipinski definition) is 6. The van der Waals surface area contributed by atoms with E-state index in [4.69, 9.17) is 14.2 Å². The molecule has 0 aromatic rings. The Bertz CT molecular complexity index is 1360. The summed E-state index contributed by atoms with van der Waals surface area (Å²) in [7, 11) is 0. The van der Waals surface area contributed by atoms with Gasteiger partial charge in [0.2, 0.25) is 0 Å². The van der Waals surface area contributed by atoms with Gasteiger partial charge in [-0.3, -0.25) is 14.4 Å². The topological polar surface area (TPSA) is 78.9 Å². The highest BCUT2D eigenvalue weighted by molar-refractivity contribution is 5.71. The van der Waals surface area contributed by atoms with Crippen molar-refractivity contribution in [3.8, 4) is 0 Å². The van der Waals surface area contributed by atoms with Crippen LogP contribution in [0.5, 0.6) is 0 Å². The molecule has 0 rings (SSSR count). The minimum Gasteiger partial charge on any atom is -0.462 e. The summed E-state index contributed by atoms with van der Waals surface area (Å²) in [6.07, 6.45) is 70.8. The van der Waals surface area contributed by atoms with Gasteiger partial charge >= 0.3 is 17.9 Å². The van der Waals surface area contributed by atoms with Gasteiger partial charge in [0.1, 0.15) is 13.2 Å². The van der Waals surface area contributed by atoms with Crippen LogP contribution in [0.3, 0.4) is 0 Å². The zero-order valence-electron chi connectivity index (χ0n) is 42.0. The molecule has 0 aliphatic rings. The second kappa shape index (κ2) is 52.7. The number of allylic oxidation sites excluding steroid dienone is 18. The smallest absolute Gasteiger partial charge is 0.306 e. The van der Waals surface area contributed by atoms with Gasteiger partial charge in [0.25, 0.3) is 0 Å². The Morgan fingerprint density at radius 2 is 0.631 bits per heavy atom. The zero-order chi connectivity index (χ0) is 47.2. The first-order valence-electron chi connectivity index (χ1n) is 26.4. The second-order valence-electron chi connectivity index (χ2n) is 17.0. The maximum absolute atomic E-state index is 12.8. The molecule has 0 bridgehead atoms. The molecule has 0 aliphatic heterocycles. The number of carbonyl (C=O) groups is 3. The average Bonchev–Trinajstić information content (AvgIpc) is 3.30. The summed E-state index contributed by atoms with van der Waals surface area (Å²) in [5, 5.41) is 0. The molecule has 0 amide bonds. The molecule has 0 heterocycles. The van der Waals surface area contributed by atoms with Gasteiger partial charge in [0.15, 0.2) is 6.10 Å². The molecule has 0 aromatic carbocycles. The van der Waals surface area contributed by atoms with Gasteiger partial charge in [0.05, 0.1) is 0 Å². The SMILES string of the molecule is CC/C=C\C/C=C\C/C=C\CCCCCCCC(=O)OC[C@H](COC(=O)CCCCCCC/C=C\CCCCCC)OC(=O)CC/C=C\C/C=C\C/C=C\C/C=C\C/C=C\CCCCC. The van der Waals surface area contributed by atoms with E-state index in [0.29, 0.717) is 19.3 Å². The third-order valence-electron chi connectivity index (χ3n) is 10.7. The van der Waals surface area contributed by atoms with E-state index in [1.165, 1.54) is 64.2 Å². The quantitative estimate of drug-likeness (QED) is 0.0262. The van der Waals surface area contributed by atoms with Crippen molar-refractivity contribution in [3.05, 3.63) is 109 Å². The van der Waals surface area contributed by atoms with Crippen molar-refractivity contribution in [1.82, 2.24) is 0 Å². The molecule has 0 saturated heterocycles. The van der Waals surface area contributed by atoms with E-state index in [9.17, 15) is 14.4 Å². The first kappa shape index (κ1) is 61.1. The van der Waals surface area contributed by atoms with Crippen molar-refractivity contribution in [2.75, 3.05) is 13.2 Å². The molecular weight excluding hydrogens is 805 g/mol. The van der Waals surface area contributed by atoms with Crippen LogP contribution in [-0.2, 0) is 28.6 Å². The lowest BCUT2D eigenvalue weighted by Crippen LogP contribution is -2.30. The van der Waals surface area contributed by atoms with Crippen LogP contribution in [0.2, 0.25) is 0 Å². The van der Waals surface area contributed by atoms with Crippen LogP contribution < -0.4 is 0 Å². The normalized spacial score (nSPS) is 13.0. The van der Waals surface area contributed by atoms with Gasteiger partial charge in [-0.15, -0.1) is 0 Å². The lowest BCUT2D eigenvalue weighted by molar-refractivity contribution is -0.166. The number of unbranched alkanes of at least 4 members (excludes halogenated alkanes) is 17. The molecule has 6 nitrogen and oxygen atoms in total. The number of ether oxygens (including phenoxy) is 3. The molecule has 0 aromatic heterocycles. The molecule has 0 radical (unpaired) electrons. The number of carbonyl (C=O) groups excluding carboxylic acids is 3. The van der Waals surface area contributed by atoms with Crippen molar-refractivity contribution in [1.29, 1.82) is 0 Å². The van der Waals surface area contributed by atoms with Crippen LogP contribution in [0, 0.1) is 0 Å². The molecular formula is C59H96O6. The molecule has 0 fully saturated rings. The lowest BCUT2D eigenvalue weighted by atomic mass is 10.1. The van der Waals surface area contributed by atoms with Gasteiger partial charge in [-0.25, -0.2) is 0 Å². The van der Waals surface area contributed by atoms with Crippen LogP contribution in [0.4, 0.5) is 0 Å². The minimum atomic E-state index is -0.829. The van der Waals surface area contributed by atoms with Gasteiger partial charge in [-0.05, 0) is 116 Å². The van der Waals surface area contributed by atoms with Crippen LogP contribution in [0.1, 0.15) is 226 Å². The first-order chi connectivity index (χ1) is 32.0. The van der Waals surface area contributed by atoms with Crippen molar-refractivity contribution in [3.63, 3.8) is 0 Å². The van der Waals surface area contributed by atoms with E-state index in [-0.39, 0.29) is 31.6 Å². The molecule has 1 atom stereocenters. The Morgan fingerprint density at radius 1 is 0.323 bits per heavy atom. The Morgan fingerprint density at radius 3 is 1.05 bits per heavy atom. The van der Waals surface area contributed by atoms with E-state index >= 15 is 0 Å². The molecule has 65 heavy (non-hydrogen) atoms.